The Hall–Kier alpha value is -0.790. The summed E-state index contributed by atoms with van der Waals surface area (Å²) < 4.78 is 0. The third-order valence-corrected chi connectivity index (χ3v) is 4.11. The number of hydrogen-bond donors (Lipinski definition) is 1. The topological polar surface area (TPSA) is 43.1 Å². The molecule has 2 heteroatoms. The molecule has 1 saturated carbocycles. The minimum Gasteiger partial charge on any atom is -0.369 e. The highest BCUT2D eigenvalue weighted by atomic mass is 16.1. The number of hydrogen-bond acceptors (Lipinski definition) is 1. The maximum Gasteiger partial charge on any atom is 0.228 e. The van der Waals surface area contributed by atoms with Crippen LogP contribution in [0.4, 0.5) is 0 Å². The summed E-state index contributed by atoms with van der Waals surface area (Å²) in [6.07, 6.45) is 4.37. The summed E-state index contributed by atoms with van der Waals surface area (Å²) >= 11 is 0. The van der Waals surface area contributed by atoms with Crippen LogP contribution in [0.2, 0.25) is 0 Å². The Morgan fingerprint density at radius 1 is 1.62 bits per heavy atom. The molecular weight excluding hydrogens is 162 g/mol. The minimum absolute atomic E-state index is 0.0938. The number of carbonyl (C=O) groups excluding carboxylic acids is 1. The van der Waals surface area contributed by atoms with Crippen LogP contribution in [-0.4, -0.2) is 5.91 Å². The fraction of sp³-hybridized carbons (Fsp3) is 0.727. The predicted octanol–water partition coefficient (Wildman–Crippen LogP) is 1.85. The minimum atomic E-state index is -0.310. The fourth-order valence-electron chi connectivity index (χ4n) is 3.17. The van der Waals surface area contributed by atoms with Crippen LogP contribution in [0.25, 0.3) is 0 Å². The third kappa shape index (κ3) is 0.812. The van der Waals surface area contributed by atoms with Crippen molar-refractivity contribution in [1.82, 2.24) is 0 Å². The Morgan fingerprint density at radius 3 is 2.69 bits per heavy atom. The molecule has 2 atom stereocenters. The van der Waals surface area contributed by atoms with Gasteiger partial charge in [0.05, 0.1) is 5.41 Å². The number of allylic oxidation sites excluding steroid dienone is 1. The van der Waals surface area contributed by atoms with Crippen LogP contribution < -0.4 is 5.73 Å². The van der Waals surface area contributed by atoms with Gasteiger partial charge in [-0.25, -0.2) is 0 Å². The number of amides is 1. The second kappa shape index (κ2) is 2.17. The molecule has 0 radical (unpaired) electrons. The maximum absolute atomic E-state index is 11.5. The molecule has 2 aliphatic carbocycles. The van der Waals surface area contributed by atoms with Crippen molar-refractivity contribution < 1.29 is 4.79 Å². The Labute approximate surface area is 79.2 Å². The Morgan fingerprint density at radius 2 is 2.23 bits per heavy atom. The molecular formula is C11H17NO. The molecule has 1 fully saturated rings. The van der Waals surface area contributed by atoms with Crippen molar-refractivity contribution in [3.63, 3.8) is 0 Å². The van der Waals surface area contributed by atoms with Gasteiger partial charge in [-0.3, -0.25) is 4.79 Å². The first-order valence-corrected chi connectivity index (χ1v) is 4.91. The largest absolute Gasteiger partial charge is 0.369 e. The lowest BCUT2D eigenvalue weighted by Crippen LogP contribution is -2.29. The molecule has 13 heavy (non-hydrogen) atoms. The number of fused-ring (bicyclic) bond motifs is 1. The Balaban J connectivity index is 2.45. The molecule has 1 amide bonds. The summed E-state index contributed by atoms with van der Waals surface area (Å²) in [5.41, 5.74) is 6.60. The summed E-state index contributed by atoms with van der Waals surface area (Å²) in [7, 11) is 0. The van der Waals surface area contributed by atoms with E-state index < -0.39 is 0 Å². The van der Waals surface area contributed by atoms with Crippen molar-refractivity contribution >= 4 is 5.91 Å². The summed E-state index contributed by atoms with van der Waals surface area (Å²) in [6, 6.07) is 0. The normalized spacial score (nSPS) is 40.5. The van der Waals surface area contributed by atoms with Gasteiger partial charge in [0.25, 0.3) is 0 Å². The van der Waals surface area contributed by atoms with Gasteiger partial charge in [-0.15, -0.1) is 0 Å². The van der Waals surface area contributed by atoms with E-state index in [0.29, 0.717) is 5.92 Å². The predicted molar refractivity (Wildman–Crippen MR) is 51.9 cm³/mol. The monoisotopic (exact) mass is 179 g/mol. The van der Waals surface area contributed by atoms with Gasteiger partial charge in [-0.05, 0) is 31.1 Å². The van der Waals surface area contributed by atoms with Crippen LogP contribution in [-0.2, 0) is 4.79 Å². The second-order valence-electron chi connectivity index (χ2n) is 5.04. The molecule has 2 nitrogen and oxygen atoms in total. The average Bonchev–Trinajstić information content (AvgIpc) is 2.50. The third-order valence-electron chi connectivity index (χ3n) is 4.11. The summed E-state index contributed by atoms with van der Waals surface area (Å²) in [5, 5.41) is 0. The lowest BCUT2D eigenvalue weighted by atomic mass is 9.88. The Bertz CT molecular complexity index is 303. The summed E-state index contributed by atoms with van der Waals surface area (Å²) in [6.45, 7) is 6.39. The molecule has 0 saturated heterocycles. The van der Waals surface area contributed by atoms with E-state index in [0.717, 1.165) is 12.8 Å². The molecule has 0 bridgehead atoms. The van der Waals surface area contributed by atoms with Crippen LogP contribution in [0, 0.1) is 16.7 Å². The van der Waals surface area contributed by atoms with Gasteiger partial charge in [-0.1, -0.05) is 25.5 Å². The van der Waals surface area contributed by atoms with Crippen LogP contribution in [0.1, 0.15) is 33.6 Å². The Kier molecular flexibility index (Phi) is 1.47. The number of carbonyl (C=O) groups is 1. The zero-order valence-corrected chi connectivity index (χ0v) is 8.55. The first-order chi connectivity index (χ1) is 5.93. The van der Waals surface area contributed by atoms with E-state index in [-0.39, 0.29) is 16.7 Å². The van der Waals surface area contributed by atoms with E-state index in [1.165, 1.54) is 5.57 Å². The van der Waals surface area contributed by atoms with Crippen LogP contribution in [0.5, 0.6) is 0 Å². The zero-order valence-electron chi connectivity index (χ0n) is 8.55. The highest BCUT2D eigenvalue weighted by molar-refractivity contribution is 5.89. The first kappa shape index (κ1) is 8.79. The zero-order chi connectivity index (χ0) is 9.85. The first-order valence-electron chi connectivity index (χ1n) is 4.91. The highest BCUT2D eigenvalue weighted by Crippen LogP contribution is 2.73. The van der Waals surface area contributed by atoms with Crippen molar-refractivity contribution in [3.8, 4) is 0 Å². The second-order valence-corrected chi connectivity index (χ2v) is 5.04. The van der Waals surface area contributed by atoms with Gasteiger partial charge >= 0.3 is 0 Å². The van der Waals surface area contributed by atoms with Crippen LogP contribution in [0.15, 0.2) is 11.6 Å². The van der Waals surface area contributed by atoms with E-state index in [1.54, 1.807) is 0 Å². The van der Waals surface area contributed by atoms with Gasteiger partial charge in [0.1, 0.15) is 0 Å². The summed E-state index contributed by atoms with van der Waals surface area (Å²) in [5.74, 6) is 0.350. The van der Waals surface area contributed by atoms with Crippen molar-refractivity contribution in [3.05, 3.63) is 11.6 Å². The van der Waals surface area contributed by atoms with Gasteiger partial charge < -0.3 is 5.73 Å². The molecule has 2 N–H and O–H groups in total. The molecule has 2 aliphatic rings. The fourth-order valence-corrected chi connectivity index (χ4v) is 3.17. The number of rotatable bonds is 1. The maximum atomic E-state index is 11.5. The van der Waals surface area contributed by atoms with E-state index in [1.807, 2.05) is 0 Å². The van der Waals surface area contributed by atoms with E-state index >= 15 is 0 Å². The molecule has 0 aromatic carbocycles. The van der Waals surface area contributed by atoms with E-state index in [4.69, 9.17) is 5.73 Å². The van der Waals surface area contributed by atoms with Gasteiger partial charge in [0.2, 0.25) is 5.91 Å². The molecule has 2 unspecified atom stereocenters. The van der Waals surface area contributed by atoms with Crippen molar-refractivity contribution in [1.29, 1.82) is 0 Å². The van der Waals surface area contributed by atoms with Crippen molar-refractivity contribution in [2.24, 2.45) is 22.5 Å². The molecule has 2 rings (SSSR count). The molecule has 0 aliphatic heterocycles. The number of primary amides is 1. The lowest BCUT2D eigenvalue weighted by molar-refractivity contribution is -0.122. The summed E-state index contributed by atoms with van der Waals surface area (Å²) in [4.78, 5) is 11.5. The highest BCUT2D eigenvalue weighted by Gasteiger charge is 2.73. The van der Waals surface area contributed by atoms with E-state index in [9.17, 15) is 4.79 Å². The standard InChI is InChI=1S/C11H17NO/c1-7-4-5-8-10(2,3)11(8,6-7)9(12)13/h6,8H,4-5H2,1-3H3,(H2,12,13). The van der Waals surface area contributed by atoms with Crippen molar-refractivity contribution in [2.75, 3.05) is 0 Å². The quantitative estimate of drug-likeness (QED) is 0.613. The molecule has 0 heterocycles. The van der Waals surface area contributed by atoms with Crippen LogP contribution in [0.3, 0.4) is 0 Å². The van der Waals surface area contributed by atoms with Gasteiger partial charge in [-0.2, -0.15) is 0 Å². The SMILES string of the molecule is CC1=CC2(C(N)=O)C(CC1)C2(C)C. The molecule has 0 spiro atoms. The number of nitrogens with two attached hydrogens (primary N) is 1. The molecule has 0 aromatic rings. The average molecular weight is 179 g/mol. The van der Waals surface area contributed by atoms with Gasteiger partial charge in [0, 0.05) is 0 Å². The van der Waals surface area contributed by atoms with Crippen molar-refractivity contribution in [2.45, 2.75) is 33.6 Å². The van der Waals surface area contributed by atoms with E-state index in [2.05, 4.69) is 26.8 Å². The lowest BCUT2D eigenvalue weighted by Gasteiger charge is -2.16. The smallest absolute Gasteiger partial charge is 0.228 e. The molecule has 0 aromatic heterocycles. The molecule has 72 valence electrons. The van der Waals surface area contributed by atoms with Gasteiger partial charge in [0.15, 0.2) is 0 Å². The van der Waals surface area contributed by atoms with Crippen LogP contribution >= 0.6 is 0 Å².